The standard InChI is InChI=1S/C31H25F7N4O3/c1-14-13-44-28-20(14)11-24(40-27(28)16-3-6-23(32)21(9-16)30(33,34)35)22(31(36,37)38)12-39-29(43)18-8-17-7-15(2)41-42-26(17)25(10-18)45-19-4-5-19/h3,6-11,14,19,22H,4-5,12-13H2,1-2H3,(H,39,43). The molecule has 6 rings (SSSR count). The second-order valence-electron chi connectivity index (χ2n) is 11.2. The van der Waals surface area contributed by atoms with Gasteiger partial charge in [0.15, 0.2) is 0 Å². The van der Waals surface area contributed by atoms with Crippen LogP contribution in [0.1, 0.15) is 64.5 Å². The van der Waals surface area contributed by atoms with Crippen molar-refractivity contribution in [3.05, 3.63) is 76.4 Å². The summed E-state index contributed by atoms with van der Waals surface area (Å²) in [6.45, 7) is 2.52. The SMILES string of the molecule is Cc1cc2cc(C(=O)NCC(c3cc4c(c(-c5ccc(F)c(C(F)(F)F)c5)n3)OCC4C)C(F)(F)F)cc(OC3CC3)c2nn1. The fourth-order valence-electron chi connectivity index (χ4n) is 5.15. The Morgan fingerprint density at radius 3 is 2.51 bits per heavy atom. The molecule has 1 saturated carbocycles. The summed E-state index contributed by atoms with van der Waals surface area (Å²) in [4.78, 5) is 17.3. The second-order valence-corrected chi connectivity index (χ2v) is 11.2. The van der Waals surface area contributed by atoms with Crippen molar-refractivity contribution in [1.29, 1.82) is 0 Å². The minimum Gasteiger partial charge on any atom is -0.490 e. The highest BCUT2D eigenvalue weighted by molar-refractivity contribution is 5.99. The van der Waals surface area contributed by atoms with Crippen LogP contribution >= 0.6 is 0 Å². The van der Waals surface area contributed by atoms with Crippen LogP contribution < -0.4 is 14.8 Å². The summed E-state index contributed by atoms with van der Waals surface area (Å²) in [5.74, 6) is -4.78. The fraction of sp³-hybridized carbons (Fsp3) is 0.355. The highest BCUT2D eigenvalue weighted by Crippen LogP contribution is 2.45. The van der Waals surface area contributed by atoms with Gasteiger partial charge in [0.05, 0.1) is 29.7 Å². The average molecular weight is 635 g/mol. The molecule has 4 aromatic rings. The maximum atomic E-state index is 14.5. The number of hydrogen-bond acceptors (Lipinski definition) is 6. The smallest absolute Gasteiger partial charge is 0.419 e. The number of nitrogens with one attached hydrogen (secondary N) is 1. The number of benzene rings is 2. The van der Waals surface area contributed by atoms with Crippen molar-refractivity contribution in [2.75, 3.05) is 13.2 Å². The number of carbonyl (C=O) groups is 1. The van der Waals surface area contributed by atoms with Crippen molar-refractivity contribution < 1.29 is 45.0 Å². The number of ether oxygens (including phenoxy) is 2. The van der Waals surface area contributed by atoms with Crippen LogP contribution in [0.25, 0.3) is 22.2 Å². The molecule has 0 spiro atoms. The number of aryl methyl sites for hydroxylation is 1. The van der Waals surface area contributed by atoms with Gasteiger partial charge in [-0.15, -0.1) is 5.10 Å². The number of rotatable bonds is 7. The van der Waals surface area contributed by atoms with Crippen LogP contribution in [0.4, 0.5) is 30.7 Å². The predicted molar refractivity (Wildman–Crippen MR) is 148 cm³/mol. The first-order valence-electron chi connectivity index (χ1n) is 14.0. The first kappa shape index (κ1) is 30.5. The van der Waals surface area contributed by atoms with Crippen LogP contribution in [-0.4, -0.2) is 46.5 Å². The predicted octanol–water partition coefficient (Wildman–Crippen LogP) is 7.27. The number of alkyl halides is 6. The Morgan fingerprint density at radius 2 is 1.82 bits per heavy atom. The summed E-state index contributed by atoms with van der Waals surface area (Å²) in [6, 6.07) is 7.82. The number of pyridine rings is 1. The molecule has 7 nitrogen and oxygen atoms in total. The Kier molecular flexibility index (Phi) is 7.56. The van der Waals surface area contributed by atoms with Crippen LogP contribution in [0.5, 0.6) is 11.5 Å². The molecule has 2 atom stereocenters. The molecule has 1 amide bonds. The quantitative estimate of drug-likeness (QED) is 0.215. The zero-order valence-electron chi connectivity index (χ0n) is 23.8. The van der Waals surface area contributed by atoms with Gasteiger partial charge < -0.3 is 14.8 Å². The van der Waals surface area contributed by atoms with Gasteiger partial charge in [0.1, 0.15) is 34.4 Å². The fourth-order valence-corrected chi connectivity index (χ4v) is 5.15. The minimum atomic E-state index is -5.05. The van der Waals surface area contributed by atoms with Crippen LogP contribution in [0, 0.1) is 12.7 Å². The topological polar surface area (TPSA) is 86.2 Å². The number of amides is 1. The van der Waals surface area contributed by atoms with Gasteiger partial charge in [-0.3, -0.25) is 4.79 Å². The molecule has 1 aliphatic carbocycles. The van der Waals surface area contributed by atoms with E-state index in [1.165, 1.54) is 18.2 Å². The first-order valence-corrected chi connectivity index (χ1v) is 14.0. The summed E-state index contributed by atoms with van der Waals surface area (Å²) in [5, 5.41) is 11.0. The Bertz CT molecular complexity index is 1810. The lowest BCUT2D eigenvalue weighted by atomic mass is 9.95. The van der Waals surface area contributed by atoms with E-state index in [-0.39, 0.29) is 41.0 Å². The van der Waals surface area contributed by atoms with Crippen LogP contribution in [0.3, 0.4) is 0 Å². The van der Waals surface area contributed by atoms with Crippen LogP contribution in [-0.2, 0) is 6.18 Å². The van der Waals surface area contributed by atoms with Gasteiger partial charge in [-0.2, -0.15) is 31.4 Å². The molecule has 0 saturated heterocycles. The van der Waals surface area contributed by atoms with Crippen molar-refractivity contribution in [2.45, 2.75) is 57.0 Å². The molecule has 0 radical (unpaired) electrons. The molecule has 1 N–H and O–H groups in total. The van der Waals surface area contributed by atoms with E-state index in [4.69, 9.17) is 9.47 Å². The largest absolute Gasteiger partial charge is 0.490 e. The van der Waals surface area contributed by atoms with E-state index < -0.39 is 53.7 Å². The highest BCUT2D eigenvalue weighted by Gasteiger charge is 2.43. The third-order valence-electron chi connectivity index (χ3n) is 7.65. The number of fused-ring (bicyclic) bond motifs is 2. The van der Waals surface area contributed by atoms with E-state index in [0.29, 0.717) is 34.3 Å². The van der Waals surface area contributed by atoms with Crippen molar-refractivity contribution in [2.24, 2.45) is 0 Å². The zero-order valence-corrected chi connectivity index (χ0v) is 23.8. The Morgan fingerprint density at radius 1 is 1.07 bits per heavy atom. The summed E-state index contributed by atoms with van der Waals surface area (Å²) < 4.78 is 109. The molecule has 45 heavy (non-hydrogen) atoms. The van der Waals surface area contributed by atoms with E-state index in [2.05, 4.69) is 20.5 Å². The second kappa shape index (κ2) is 11.1. The summed E-state index contributed by atoms with van der Waals surface area (Å²) >= 11 is 0. The lowest BCUT2D eigenvalue weighted by Crippen LogP contribution is -2.35. The normalized spacial score (nSPS) is 17.1. The van der Waals surface area contributed by atoms with Gasteiger partial charge in [-0.1, -0.05) is 6.92 Å². The maximum Gasteiger partial charge on any atom is 0.419 e. The molecule has 236 valence electrons. The molecular weight excluding hydrogens is 609 g/mol. The van der Waals surface area contributed by atoms with E-state index >= 15 is 0 Å². The van der Waals surface area contributed by atoms with Crippen molar-refractivity contribution in [3.8, 4) is 22.8 Å². The molecule has 2 unspecified atom stereocenters. The van der Waals surface area contributed by atoms with Gasteiger partial charge in [-0.25, -0.2) is 9.37 Å². The lowest BCUT2D eigenvalue weighted by molar-refractivity contribution is -0.149. The third kappa shape index (κ3) is 6.22. The minimum absolute atomic E-state index is 0.0219. The van der Waals surface area contributed by atoms with Crippen LogP contribution in [0.15, 0.2) is 42.5 Å². The number of halogens is 7. The Balaban J connectivity index is 1.35. The number of hydrogen-bond donors (Lipinski definition) is 1. The molecule has 1 aliphatic heterocycles. The lowest BCUT2D eigenvalue weighted by Gasteiger charge is -2.22. The third-order valence-corrected chi connectivity index (χ3v) is 7.65. The maximum absolute atomic E-state index is 14.5. The zero-order chi connectivity index (χ0) is 32.3. The molecule has 2 aliphatic rings. The van der Waals surface area contributed by atoms with Gasteiger partial charge in [-0.05, 0) is 62.2 Å². The van der Waals surface area contributed by atoms with Gasteiger partial charge in [0.2, 0.25) is 0 Å². The first-order chi connectivity index (χ1) is 21.2. The summed E-state index contributed by atoms with van der Waals surface area (Å²) in [5.41, 5.74) is -1.34. The monoisotopic (exact) mass is 634 g/mol. The number of aromatic nitrogens is 3. The van der Waals surface area contributed by atoms with E-state index in [9.17, 15) is 35.5 Å². The van der Waals surface area contributed by atoms with E-state index in [1.54, 1.807) is 19.9 Å². The van der Waals surface area contributed by atoms with Crippen LogP contribution in [0.2, 0.25) is 0 Å². The molecule has 1 fully saturated rings. The van der Waals surface area contributed by atoms with Gasteiger partial charge in [0.25, 0.3) is 5.91 Å². The number of nitrogens with zero attached hydrogens (tertiary/aromatic N) is 3. The summed E-state index contributed by atoms with van der Waals surface area (Å²) in [7, 11) is 0. The highest BCUT2D eigenvalue weighted by atomic mass is 19.4. The average Bonchev–Trinajstić information content (AvgIpc) is 3.70. The molecule has 14 heteroatoms. The summed E-state index contributed by atoms with van der Waals surface area (Å²) in [6.07, 6.45) is -8.38. The van der Waals surface area contributed by atoms with E-state index in [1.807, 2.05) is 0 Å². The molecular formula is C31H25F7N4O3. The Labute approximate surface area is 251 Å². The molecule has 0 bridgehead atoms. The number of carbonyl (C=O) groups excluding carboxylic acids is 1. The van der Waals surface area contributed by atoms with E-state index in [0.717, 1.165) is 18.9 Å². The van der Waals surface area contributed by atoms with Crippen molar-refractivity contribution >= 4 is 16.8 Å². The van der Waals surface area contributed by atoms with Crippen molar-refractivity contribution in [3.63, 3.8) is 0 Å². The molecule has 2 aromatic heterocycles. The van der Waals surface area contributed by atoms with Gasteiger partial charge >= 0.3 is 12.4 Å². The van der Waals surface area contributed by atoms with Crippen molar-refractivity contribution in [1.82, 2.24) is 20.5 Å². The molecule has 3 heterocycles. The van der Waals surface area contributed by atoms with Gasteiger partial charge in [0, 0.05) is 34.5 Å². The Hall–Kier alpha value is -4.49. The molecule has 2 aromatic carbocycles.